The molecule has 0 saturated carbocycles. The van der Waals surface area contributed by atoms with Gasteiger partial charge in [0.15, 0.2) is 17.4 Å². The van der Waals surface area contributed by atoms with E-state index in [1.165, 1.54) is 0 Å². The molecule has 0 saturated heterocycles. The number of fused-ring (bicyclic) bond motifs is 1. The molecule has 2 rings (SSSR count). The van der Waals surface area contributed by atoms with Crippen molar-refractivity contribution >= 4 is 35.6 Å². The van der Waals surface area contributed by atoms with Gasteiger partial charge in [-0.15, -0.1) is 34.2 Å². The molecule has 8 heteroatoms. The first-order valence-corrected chi connectivity index (χ1v) is 6.04. The monoisotopic (exact) mass is 390 g/mol. The summed E-state index contributed by atoms with van der Waals surface area (Å²) in [6, 6.07) is 5.84. The molecular weight excluding hydrogens is 371 g/mol. The van der Waals surface area contributed by atoms with Gasteiger partial charge in [-0.05, 0) is 19.1 Å². The smallest absolute Gasteiger partial charge is 0.189 e. The molecule has 1 unspecified atom stereocenters. The fourth-order valence-electron chi connectivity index (χ4n) is 1.74. The van der Waals surface area contributed by atoms with Crippen LogP contribution >= 0.6 is 24.0 Å². The van der Waals surface area contributed by atoms with E-state index < -0.39 is 0 Å². The first-order chi connectivity index (χ1) is 9.20. The zero-order chi connectivity index (χ0) is 13.7. The summed E-state index contributed by atoms with van der Waals surface area (Å²) in [6.45, 7) is 2.92. The summed E-state index contributed by atoms with van der Waals surface area (Å²) in [6.07, 6.45) is 1.90. The van der Waals surface area contributed by atoms with Gasteiger partial charge in [0.2, 0.25) is 0 Å². The van der Waals surface area contributed by atoms with E-state index in [2.05, 4.69) is 20.5 Å². The number of rotatable bonds is 5. The lowest BCUT2D eigenvalue weighted by Crippen LogP contribution is -2.40. The van der Waals surface area contributed by atoms with E-state index in [0.29, 0.717) is 19.1 Å². The maximum Gasteiger partial charge on any atom is 0.189 e. The van der Waals surface area contributed by atoms with Crippen LogP contribution in [0.25, 0.3) is 5.65 Å². The highest BCUT2D eigenvalue weighted by molar-refractivity contribution is 14.0. The molecule has 1 atom stereocenters. The molecule has 2 heterocycles. The highest BCUT2D eigenvalue weighted by atomic mass is 127. The Balaban J connectivity index is 0.00000200. The molecule has 0 aliphatic carbocycles. The second kappa shape index (κ2) is 8.00. The molecule has 0 amide bonds. The number of nitrogens with one attached hydrogen (secondary N) is 1. The maximum atomic E-state index is 5.79. The van der Waals surface area contributed by atoms with Crippen molar-refractivity contribution in [2.75, 3.05) is 13.7 Å². The Bertz CT molecular complexity index is 570. The molecule has 0 aliphatic heterocycles. The number of aromatic nitrogens is 3. The van der Waals surface area contributed by atoms with Crippen molar-refractivity contribution in [3.63, 3.8) is 0 Å². The maximum absolute atomic E-state index is 5.79. The third-order valence-corrected chi connectivity index (χ3v) is 2.59. The molecular formula is C12H19IN6O. The Morgan fingerprint density at radius 1 is 1.50 bits per heavy atom. The second-order valence-corrected chi connectivity index (χ2v) is 4.25. The van der Waals surface area contributed by atoms with Crippen LogP contribution in [0.3, 0.4) is 0 Å². The fraction of sp³-hybridized carbons (Fsp3) is 0.417. The number of methoxy groups -OCH3 is 1. The fourth-order valence-corrected chi connectivity index (χ4v) is 1.74. The third kappa shape index (κ3) is 4.30. The topological polar surface area (TPSA) is 89.8 Å². The minimum absolute atomic E-state index is 0. The van der Waals surface area contributed by atoms with Gasteiger partial charge >= 0.3 is 0 Å². The summed E-state index contributed by atoms with van der Waals surface area (Å²) in [5, 5.41) is 11.2. The number of pyridine rings is 1. The molecule has 0 aromatic carbocycles. The van der Waals surface area contributed by atoms with Crippen molar-refractivity contribution < 1.29 is 4.74 Å². The standard InChI is InChI=1S/C12H18N6O.HI/c1-9(8-19-2)15-12(13)14-7-11-17-16-10-5-3-4-6-18(10)11;/h3-6,9H,7-8H2,1-2H3,(H3,13,14,15);1H. The lowest BCUT2D eigenvalue weighted by Gasteiger charge is -2.12. The summed E-state index contributed by atoms with van der Waals surface area (Å²) in [5.74, 6) is 1.12. The number of nitrogens with zero attached hydrogens (tertiary/aromatic N) is 4. The quantitative estimate of drug-likeness (QED) is 0.448. The number of guanidine groups is 1. The van der Waals surface area contributed by atoms with Crippen LogP contribution in [0, 0.1) is 0 Å². The van der Waals surface area contributed by atoms with Gasteiger partial charge < -0.3 is 15.8 Å². The van der Waals surface area contributed by atoms with E-state index in [4.69, 9.17) is 10.5 Å². The highest BCUT2D eigenvalue weighted by Gasteiger charge is 2.05. The molecule has 2 aromatic rings. The second-order valence-electron chi connectivity index (χ2n) is 4.25. The number of aliphatic imine (C=N–C) groups is 1. The predicted octanol–water partition coefficient (Wildman–Crippen LogP) is 0.787. The van der Waals surface area contributed by atoms with Crippen LogP contribution in [0.15, 0.2) is 29.4 Å². The number of ether oxygens (including phenoxy) is 1. The van der Waals surface area contributed by atoms with Crippen LogP contribution in [0.1, 0.15) is 12.7 Å². The van der Waals surface area contributed by atoms with Crippen molar-refractivity contribution in [1.82, 2.24) is 19.9 Å². The van der Waals surface area contributed by atoms with Crippen LogP contribution in [0.4, 0.5) is 0 Å². The predicted molar refractivity (Wildman–Crippen MR) is 88.2 cm³/mol. The van der Waals surface area contributed by atoms with Crippen LogP contribution < -0.4 is 11.1 Å². The molecule has 0 radical (unpaired) electrons. The van der Waals surface area contributed by atoms with Gasteiger partial charge in [0, 0.05) is 19.3 Å². The molecule has 0 spiro atoms. The van der Waals surface area contributed by atoms with Gasteiger partial charge in [-0.1, -0.05) is 6.07 Å². The van der Waals surface area contributed by atoms with E-state index in [9.17, 15) is 0 Å². The van der Waals surface area contributed by atoms with Gasteiger partial charge in [-0.25, -0.2) is 4.99 Å². The van der Waals surface area contributed by atoms with Crippen molar-refractivity contribution in [1.29, 1.82) is 0 Å². The van der Waals surface area contributed by atoms with Crippen LogP contribution in [-0.4, -0.2) is 40.3 Å². The summed E-state index contributed by atoms with van der Waals surface area (Å²) >= 11 is 0. The lowest BCUT2D eigenvalue weighted by molar-refractivity contribution is 0.179. The molecule has 7 nitrogen and oxygen atoms in total. The summed E-state index contributed by atoms with van der Waals surface area (Å²) in [5.41, 5.74) is 6.59. The minimum Gasteiger partial charge on any atom is -0.383 e. The highest BCUT2D eigenvalue weighted by Crippen LogP contribution is 2.03. The largest absolute Gasteiger partial charge is 0.383 e. The van der Waals surface area contributed by atoms with Crippen molar-refractivity contribution in [3.05, 3.63) is 30.2 Å². The van der Waals surface area contributed by atoms with E-state index in [1.54, 1.807) is 7.11 Å². The first-order valence-electron chi connectivity index (χ1n) is 6.04. The zero-order valence-corrected chi connectivity index (χ0v) is 13.8. The van der Waals surface area contributed by atoms with Gasteiger partial charge in [0.1, 0.15) is 6.54 Å². The normalized spacial score (nSPS) is 13.0. The van der Waals surface area contributed by atoms with E-state index in [-0.39, 0.29) is 30.0 Å². The van der Waals surface area contributed by atoms with Gasteiger partial charge in [-0.3, -0.25) is 4.40 Å². The van der Waals surface area contributed by atoms with Gasteiger partial charge in [0.05, 0.1) is 6.61 Å². The summed E-state index contributed by atoms with van der Waals surface area (Å²) < 4.78 is 6.90. The van der Waals surface area contributed by atoms with Gasteiger partial charge in [0.25, 0.3) is 0 Å². The number of nitrogens with two attached hydrogens (primary N) is 1. The molecule has 0 fully saturated rings. The molecule has 110 valence electrons. The molecule has 0 aliphatic rings. The Morgan fingerprint density at radius 2 is 2.30 bits per heavy atom. The van der Waals surface area contributed by atoms with Crippen molar-refractivity contribution in [3.8, 4) is 0 Å². The Morgan fingerprint density at radius 3 is 3.05 bits per heavy atom. The molecule has 3 N–H and O–H groups in total. The van der Waals surface area contributed by atoms with Crippen molar-refractivity contribution in [2.24, 2.45) is 10.7 Å². The van der Waals surface area contributed by atoms with Gasteiger partial charge in [-0.2, -0.15) is 0 Å². The third-order valence-electron chi connectivity index (χ3n) is 2.59. The molecule has 0 bridgehead atoms. The van der Waals surface area contributed by atoms with Crippen LogP contribution in [0.5, 0.6) is 0 Å². The van der Waals surface area contributed by atoms with Crippen molar-refractivity contribution in [2.45, 2.75) is 19.5 Å². The number of hydrogen-bond acceptors (Lipinski definition) is 4. The Kier molecular flexibility index (Phi) is 6.65. The molecule has 2 aromatic heterocycles. The zero-order valence-electron chi connectivity index (χ0n) is 11.5. The van der Waals surface area contributed by atoms with E-state index in [0.717, 1.165) is 11.5 Å². The number of halogens is 1. The SMILES string of the molecule is COCC(C)NC(N)=NCc1nnc2ccccn12.I. The average Bonchev–Trinajstić information content (AvgIpc) is 2.80. The van der Waals surface area contributed by atoms with Crippen LogP contribution in [0.2, 0.25) is 0 Å². The lowest BCUT2D eigenvalue weighted by atomic mass is 10.4. The summed E-state index contributed by atoms with van der Waals surface area (Å²) in [4.78, 5) is 4.24. The first kappa shape index (κ1) is 16.6. The Hall–Kier alpha value is -1.42. The average molecular weight is 390 g/mol. The summed E-state index contributed by atoms with van der Waals surface area (Å²) in [7, 11) is 1.65. The van der Waals surface area contributed by atoms with E-state index >= 15 is 0 Å². The minimum atomic E-state index is 0. The number of hydrogen-bond donors (Lipinski definition) is 2. The van der Waals surface area contributed by atoms with Crippen LogP contribution in [-0.2, 0) is 11.3 Å². The Labute approximate surface area is 134 Å². The molecule has 20 heavy (non-hydrogen) atoms. The van der Waals surface area contributed by atoms with E-state index in [1.807, 2.05) is 35.7 Å².